The van der Waals surface area contributed by atoms with Gasteiger partial charge in [0.2, 0.25) is 0 Å². The topological polar surface area (TPSA) is 44.0 Å². The number of aliphatic hydroxyl groups excluding tert-OH is 1. The zero-order valence-electron chi connectivity index (χ0n) is 3.38. The van der Waals surface area contributed by atoms with Crippen LogP contribution in [0.2, 0.25) is 0 Å². The van der Waals surface area contributed by atoms with Gasteiger partial charge in [0.15, 0.2) is 0 Å². The molecule has 3 heteroatoms. The maximum atomic E-state index is 8.29. The molecule has 0 amide bonds. The molecule has 0 aliphatic heterocycles. The van der Waals surface area contributed by atoms with Crippen molar-refractivity contribution in [2.45, 2.75) is 12.4 Å². The van der Waals surface area contributed by atoms with E-state index in [4.69, 9.17) is 10.4 Å². The Morgan fingerprint density at radius 3 is 2.50 bits per heavy atom. The Balaban J connectivity index is 2.88. The first kappa shape index (κ1) is 5.80. The quantitative estimate of drug-likeness (QED) is 0.389. The van der Waals surface area contributed by atoms with Crippen LogP contribution in [0.3, 0.4) is 0 Å². The molecule has 0 aliphatic carbocycles. The average Bonchev–Trinajstić information content (AvgIpc) is 1.35. The van der Waals surface area contributed by atoms with Gasteiger partial charge in [-0.15, -0.1) is 0 Å². The van der Waals surface area contributed by atoms with E-state index in [0.29, 0.717) is 0 Å². The van der Waals surface area contributed by atoms with Crippen LogP contribution < -0.4 is 0 Å². The highest BCUT2D eigenvalue weighted by Crippen LogP contribution is 2.01. The van der Waals surface area contributed by atoms with E-state index in [9.17, 15) is 0 Å². The number of thioether (sulfide) groups is 1. The molecule has 0 aromatic carbocycles. The SMILES string of the molecule is CC(O)SC#N. The number of aliphatic hydroxyl groups is 1. The van der Waals surface area contributed by atoms with Gasteiger partial charge in [0.25, 0.3) is 0 Å². The lowest BCUT2D eigenvalue weighted by molar-refractivity contribution is 0.285. The number of hydrogen-bond donors (Lipinski definition) is 1. The number of hydrogen-bond acceptors (Lipinski definition) is 3. The highest BCUT2D eigenvalue weighted by molar-refractivity contribution is 8.04. The molecular weight excluding hydrogens is 98.1 g/mol. The van der Waals surface area contributed by atoms with Gasteiger partial charge in [0.1, 0.15) is 10.8 Å². The van der Waals surface area contributed by atoms with Crippen molar-refractivity contribution < 1.29 is 5.11 Å². The third-order valence-corrected chi connectivity index (χ3v) is 0.670. The summed E-state index contributed by atoms with van der Waals surface area (Å²) in [5.41, 5.74) is -0.546. The molecule has 0 rings (SSSR count). The summed E-state index contributed by atoms with van der Waals surface area (Å²) in [5.74, 6) is 0. The molecule has 0 aliphatic rings. The first-order valence-corrected chi connectivity index (χ1v) is 2.38. The lowest BCUT2D eigenvalue weighted by Crippen LogP contribution is -1.86. The Labute approximate surface area is 40.8 Å². The van der Waals surface area contributed by atoms with Crippen LogP contribution in [0.4, 0.5) is 0 Å². The van der Waals surface area contributed by atoms with Gasteiger partial charge in [-0.2, -0.15) is 5.26 Å². The van der Waals surface area contributed by atoms with Crippen molar-refractivity contribution in [2.24, 2.45) is 0 Å². The molecule has 1 atom stereocenters. The zero-order chi connectivity index (χ0) is 4.99. The van der Waals surface area contributed by atoms with Gasteiger partial charge >= 0.3 is 0 Å². The third kappa shape index (κ3) is 3.80. The molecule has 0 saturated carbocycles. The number of thiocyanates is 1. The standard InChI is InChI=1S/C3H5NOS/c1-3(5)6-2-4/h3,5H,1H3. The van der Waals surface area contributed by atoms with Gasteiger partial charge in [-0.25, -0.2) is 0 Å². The summed E-state index contributed by atoms with van der Waals surface area (Å²) < 4.78 is 0. The van der Waals surface area contributed by atoms with Crippen molar-refractivity contribution in [3.05, 3.63) is 0 Å². The minimum Gasteiger partial charge on any atom is -0.382 e. The zero-order valence-corrected chi connectivity index (χ0v) is 4.20. The molecule has 1 N–H and O–H groups in total. The van der Waals surface area contributed by atoms with Crippen LogP contribution in [0.25, 0.3) is 0 Å². The van der Waals surface area contributed by atoms with Crippen LogP contribution >= 0.6 is 11.8 Å². The highest BCUT2D eigenvalue weighted by Gasteiger charge is 1.88. The van der Waals surface area contributed by atoms with E-state index >= 15 is 0 Å². The van der Waals surface area contributed by atoms with Crippen molar-refractivity contribution in [3.63, 3.8) is 0 Å². The molecule has 0 heterocycles. The van der Waals surface area contributed by atoms with Crippen LogP contribution in [0, 0.1) is 10.7 Å². The van der Waals surface area contributed by atoms with E-state index in [1.165, 1.54) is 0 Å². The van der Waals surface area contributed by atoms with Gasteiger partial charge in [-0.3, -0.25) is 0 Å². The van der Waals surface area contributed by atoms with Crippen molar-refractivity contribution in [1.29, 1.82) is 5.26 Å². The Hall–Kier alpha value is -0.200. The molecule has 2 nitrogen and oxygen atoms in total. The van der Waals surface area contributed by atoms with Crippen LogP contribution in [0.5, 0.6) is 0 Å². The lowest BCUT2D eigenvalue weighted by Gasteiger charge is -1.87. The second kappa shape index (κ2) is 3.01. The number of rotatable bonds is 1. The molecule has 1 unspecified atom stereocenters. The monoisotopic (exact) mass is 103 g/mol. The molecule has 0 bridgehead atoms. The predicted octanol–water partition coefficient (Wildman–Crippen LogP) is 0.539. The van der Waals surface area contributed by atoms with E-state index in [1.54, 1.807) is 12.3 Å². The molecule has 34 valence electrons. The summed E-state index contributed by atoms with van der Waals surface area (Å²) in [6, 6.07) is 0. The smallest absolute Gasteiger partial charge is 0.135 e. The Morgan fingerprint density at radius 1 is 2.00 bits per heavy atom. The summed E-state index contributed by atoms with van der Waals surface area (Å²) >= 11 is 0.847. The predicted molar refractivity (Wildman–Crippen MR) is 24.9 cm³/mol. The van der Waals surface area contributed by atoms with E-state index in [1.807, 2.05) is 0 Å². The molecule has 0 aromatic heterocycles. The molecule has 6 heavy (non-hydrogen) atoms. The van der Waals surface area contributed by atoms with Gasteiger partial charge in [0, 0.05) is 0 Å². The molecule has 0 saturated heterocycles. The number of nitrogens with zero attached hydrogens (tertiary/aromatic N) is 1. The maximum Gasteiger partial charge on any atom is 0.135 e. The highest BCUT2D eigenvalue weighted by atomic mass is 32.2. The van der Waals surface area contributed by atoms with E-state index in [-0.39, 0.29) is 0 Å². The summed E-state index contributed by atoms with van der Waals surface area (Å²) in [5, 5.41) is 17.8. The van der Waals surface area contributed by atoms with Crippen LogP contribution in [0.1, 0.15) is 6.92 Å². The van der Waals surface area contributed by atoms with Gasteiger partial charge in [-0.05, 0) is 18.7 Å². The van der Waals surface area contributed by atoms with Gasteiger partial charge in [-0.1, -0.05) is 0 Å². The first-order chi connectivity index (χ1) is 2.77. The second-order valence-corrected chi connectivity index (χ2v) is 1.91. The molecule has 0 aromatic rings. The lowest BCUT2D eigenvalue weighted by atomic mass is 10.9. The first-order valence-electron chi connectivity index (χ1n) is 1.50. The minimum absolute atomic E-state index is 0.546. The summed E-state index contributed by atoms with van der Waals surface area (Å²) in [4.78, 5) is 0. The fraction of sp³-hybridized carbons (Fsp3) is 0.667. The molecule has 0 spiro atoms. The van der Waals surface area contributed by atoms with Crippen LogP contribution in [0.15, 0.2) is 0 Å². The van der Waals surface area contributed by atoms with Crippen LogP contribution in [-0.4, -0.2) is 10.5 Å². The molecular formula is C3H5NOS. The fourth-order valence-corrected chi connectivity index (χ4v) is 0.229. The van der Waals surface area contributed by atoms with E-state index in [0.717, 1.165) is 11.8 Å². The summed E-state index contributed by atoms with van der Waals surface area (Å²) in [7, 11) is 0. The minimum atomic E-state index is -0.546. The van der Waals surface area contributed by atoms with E-state index in [2.05, 4.69) is 0 Å². The molecule has 0 fully saturated rings. The van der Waals surface area contributed by atoms with Crippen molar-refractivity contribution in [2.75, 3.05) is 0 Å². The van der Waals surface area contributed by atoms with Gasteiger partial charge in [0.05, 0.1) is 0 Å². The maximum absolute atomic E-state index is 8.29. The summed E-state index contributed by atoms with van der Waals surface area (Å²) in [6.45, 7) is 1.55. The molecule has 0 radical (unpaired) electrons. The normalized spacial score (nSPS) is 12.8. The van der Waals surface area contributed by atoms with Crippen molar-refractivity contribution in [3.8, 4) is 5.40 Å². The third-order valence-electron chi connectivity index (χ3n) is 0.223. The van der Waals surface area contributed by atoms with E-state index < -0.39 is 5.44 Å². The van der Waals surface area contributed by atoms with Crippen molar-refractivity contribution in [1.82, 2.24) is 0 Å². The summed E-state index contributed by atoms with van der Waals surface area (Å²) in [6.07, 6.45) is 0. The fourth-order valence-electron chi connectivity index (χ4n) is 0.0763. The van der Waals surface area contributed by atoms with Crippen LogP contribution in [-0.2, 0) is 0 Å². The largest absolute Gasteiger partial charge is 0.382 e. The Morgan fingerprint density at radius 2 is 2.50 bits per heavy atom. The average molecular weight is 103 g/mol. The van der Waals surface area contributed by atoms with Crippen molar-refractivity contribution >= 4 is 11.8 Å². The van der Waals surface area contributed by atoms with Gasteiger partial charge < -0.3 is 5.11 Å². The Kier molecular flexibility index (Phi) is 2.91. The number of nitriles is 1. The Bertz CT molecular complexity index is 65.7. The second-order valence-electron chi connectivity index (χ2n) is 0.808.